The van der Waals surface area contributed by atoms with Crippen LogP contribution >= 0.6 is 0 Å². The summed E-state index contributed by atoms with van der Waals surface area (Å²) in [5, 5.41) is 11.2. The van der Waals surface area contributed by atoms with Crippen LogP contribution in [-0.4, -0.2) is 38.0 Å². The number of hydrogen-bond acceptors (Lipinski definition) is 5. The summed E-state index contributed by atoms with van der Waals surface area (Å²) in [6.45, 7) is 4.00. The molecule has 7 nitrogen and oxygen atoms in total. The number of pyridine rings is 1. The second-order valence-electron chi connectivity index (χ2n) is 7.00. The van der Waals surface area contributed by atoms with Crippen LogP contribution in [0.2, 0.25) is 0 Å². The number of nitrogens with zero attached hydrogens (tertiary/aromatic N) is 4. The minimum absolute atomic E-state index is 0.0288. The Balaban J connectivity index is 1.57. The van der Waals surface area contributed by atoms with E-state index in [9.17, 15) is 4.79 Å². The summed E-state index contributed by atoms with van der Waals surface area (Å²) in [4.78, 5) is 16.8. The van der Waals surface area contributed by atoms with Gasteiger partial charge < -0.3 is 11.1 Å². The van der Waals surface area contributed by atoms with Crippen LogP contribution in [-0.2, 0) is 6.42 Å². The number of rotatable bonds is 5. The fraction of sp³-hybridized carbons (Fsp3) is 0.556. The van der Waals surface area contributed by atoms with E-state index in [1.165, 1.54) is 0 Å². The smallest absolute Gasteiger partial charge is 0.273 e. The summed E-state index contributed by atoms with van der Waals surface area (Å²) in [7, 11) is 0. The second kappa shape index (κ2) is 7.74. The lowest BCUT2D eigenvalue weighted by atomic mass is 9.92. The van der Waals surface area contributed by atoms with Gasteiger partial charge in [0.25, 0.3) is 5.91 Å². The predicted molar refractivity (Wildman–Crippen MR) is 95.1 cm³/mol. The van der Waals surface area contributed by atoms with Crippen molar-refractivity contribution in [3.05, 3.63) is 41.5 Å². The van der Waals surface area contributed by atoms with Gasteiger partial charge in [-0.25, -0.2) is 4.68 Å². The average Bonchev–Trinajstić information content (AvgIpc) is 3.08. The van der Waals surface area contributed by atoms with Gasteiger partial charge in [0.1, 0.15) is 0 Å². The van der Waals surface area contributed by atoms with Crippen molar-refractivity contribution in [2.24, 2.45) is 5.73 Å². The Morgan fingerprint density at radius 2 is 2.16 bits per heavy atom. The minimum Gasteiger partial charge on any atom is -0.348 e. The monoisotopic (exact) mass is 342 g/mol. The number of nitrogens with two attached hydrogens (primary N) is 1. The molecular formula is C18H26N6O. The molecule has 25 heavy (non-hydrogen) atoms. The highest BCUT2D eigenvalue weighted by atomic mass is 16.2. The van der Waals surface area contributed by atoms with Crippen molar-refractivity contribution < 1.29 is 4.79 Å². The highest BCUT2D eigenvalue weighted by molar-refractivity contribution is 5.92. The zero-order valence-electron chi connectivity index (χ0n) is 14.9. The molecule has 0 bridgehead atoms. The van der Waals surface area contributed by atoms with E-state index in [1.807, 2.05) is 30.7 Å². The maximum atomic E-state index is 12.4. The summed E-state index contributed by atoms with van der Waals surface area (Å²) in [5.74, 6) is -0.195. The van der Waals surface area contributed by atoms with E-state index in [4.69, 9.17) is 5.73 Å². The Labute approximate surface area is 148 Å². The molecule has 1 fully saturated rings. The van der Waals surface area contributed by atoms with E-state index in [0.29, 0.717) is 24.2 Å². The van der Waals surface area contributed by atoms with Crippen molar-refractivity contribution in [3.63, 3.8) is 0 Å². The molecule has 2 aromatic rings. The van der Waals surface area contributed by atoms with Crippen molar-refractivity contribution in [2.75, 3.05) is 0 Å². The number of hydrogen-bond donors (Lipinski definition) is 2. The molecule has 0 aromatic carbocycles. The van der Waals surface area contributed by atoms with Gasteiger partial charge >= 0.3 is 0 Å². The van der Waals surface area contributed by atoms with Crippen LogP contribution in [0.15, 0.2) is 24.5 Å². The Morgan fingerprint density at radius 1 is 1.40 bits per heavy atom. The molecule has 7 heteroatoms. The van der Waals surface area contributed by atoms with Crippen LogP contribution in [0, 0.1) is 6.92 Å². The van der Waals surface area contributed by atoms with Crippen LogP contribution in [0.5, 0.6) is 0 Å². The predicted octanol–water partition coefficient (Wildman–Crippen LogP) is 1.78. The Morgan fingerprint density at radius 3 is 2.88 bits per heavy atom. The molecule has 1 aliphatic carbocycles. The maximum Gasteiger partial charge on any atom is 0.273 e. The summed E-state index contributed by atoms with van der Waals surface area (Å²) in [6, 6.07) is 4.50. The molecular weight excluding hydrogens is 316 g/mol. The van der Waals surface area contributed by atoms with E-state index in [-0.39, 0.29) is 11.9 Å². The Bertz CT molecular complexity index is 720. The van der Waals surface area contributed by atoms with E-state index >= 15 is 0 Å². The van der Waals surface area contributed by atoms with Crippen molar-refractivity contribution in [1.29, 1.82) is 0 Å². The van der Waals surface area contributed by atoms with E-state index in [2.05, 4.69) is 20.6 Å². The normalized spacial score (nSPS) is 21.7. The van der Waals surface area contributed by atoms with Gasteiger partial charge in [0, 0.05) is 30.4 Å². The molecule has 3 rings (SSSR count). The van der Waals surface area contributed by atoms with Gasteiger partial charge in [0.15, 0.2) is 5.69 Å². The Hall–Kier alpha value is -2.28. The van der Waals surface area contributed by atoms with Gasteiger partial charge in [-0.1, -0.05) is 11.3 Å². The molecule has 2 heterocycles. The molecule has 0 unspecified atom stereocenters. The molecule has 0 spiro atoms. The van der Waals surface area contributed by atoms with Gasteiger partial charge in [0.05, 0.1) is 12.2 Å². The highest BCUT2D eigenvalue weighted by Crippen LogP contribution is 2.26. The molecule has 1 aliphatic rings. The van der Waals surface area contributed by atoms with Crippen molar-refractivity contribution in [3.8, 4) is 0 Å². The molecule has 2 aromatic heterocycles. The topological polar surface area (TPSA) is 98.7 Å². The molecule has 1 atom stereocenters. The molecule has 1 saturated carbocycles. The first-order valence-corrected chi connectivity index (χ1v) is 8.91. The largest absolute Gasteiger partial charge is 0.348 e. The zero-order chi connectivity index (χ0) is 17.8. The third-order valence-electron chi connectivity index (χ3n) is 4.85. The summed E-state index contributed by atoms with van der Waals surface area (Å²) >= 11 is 0. The van der Waals surface area contributed by atoms with E-state index < -0.39 is 0 Å². The van der Waals surface area contributed by atoms with Crippen molar-refractivity contribution in [1.82, 2.24) is 25.3 Å². The van der Waals surface area contributed by atoms with E-state index in [1.54, 1.807) is 12.4 Å². The molecule has 0 saturated heterocycles. The van der Waals surface area contributed by atoms with Gasteiger partial charge in [-0.05, 0) is 51.2 Å². The maximum absolute atomic E-state index is 12.4. The van der Waals surface area contributed by atoms with E-state index in [0.717, 1.165) is 36.9 Å². The van der Waals surface area contributed by atoms with Crippen LogP contribution < -0.4 is 11.1 Å². The van der Waals surface area contributed by atoms with Crippen LogP contribution in [0.25, 0.3) is 0 Å². The molecule has 0 radical (unpaired) electrons. The molecule has 1 amide bonds. The lowest BCUT2D eigenvalue weighted by Crippen LogP contribution is -2.34. The first-order valence-electron chi connectivity index (χ1n) is 8.91. The summed E-state index contributed by atoms with van der Waals surface area (Å²) < 4.78 is 1.81. The standard InChI is InChI=1S/C18H26N6O/c1-12-4-3-9-20-16(12)10-13(2)21-18(25)17-11-24(23-22-17)15-7-5-14(19)6-8-15/h3-4,9,11,13-15H,5-8,10,19H2,1-2H3,(H,21,25)/t13-,14?,15?/m0/s1. The second-order valence-corrected chi connectivity index (χ2v) is 7.00. The van der Waals surface area contributed by atoms with Gasteiger partial charge in [0.2, 0.25) is 0 Å². The first-order chi connectivity index (χ1) is 12.0. The SMILES string of the molecule is Cc1cccnc1C[C@H](C)NC(=O)c1cn(C2CCC(N)CC2)nn1. The first kappa shape index (κ1) is 17.5. The number of aromatic nitrogens is 4. The number of carbonyl (C=O) groups is 1. The summed E-state index contributed by atoms with van der Waals surface area (Å²) in [5.41, 5.74) is 8.43. The molecule has 134 valence electrons. The molecule has 0 aliphatic heterocycles. The van der Waals surface area contributed by atoms with Crippen LogP contribution in [0.1, 0.15) is 60.4 Å². The Kier molecular flexibility index (Phi) is 5.43. The lowest BCUT2D eigenvalue weighted by molar-refractivity contribution is 0.0934. The van der Waals surface area contributed by atoms with Crippen molar-refractivity contribution >= 4 is 5.91 Å². The zero-order valence-corrected chi connectivity index (χ0v) is 14.9. The fourth-order valence-corrected chi connectivity index (χ4v) is 3.30. The van der Waals surface area contributed by atoms with Crippen molar-refractivity contribution in [2.45, 2.75) is 64.1 Å². The minimum atomic E-state index is -0.195. The molecule has 3 N–H and O–H groups in total. The quantitative estimate of drug-likeness (QED) is 0.863. The lowest BCUT2D eigenvalue weighted by Gasteiger charge is -2.25. The number of amides is 1. The number of aryl methyl sites for hydroxylation is 1. The third-order valence-corrected chi connectivity index (χ3v) is 4.85. The van der Waals surface area contributed by atoms with Gasteiger partial charge in [-0.2, -0.15) is 0 Å². The summed E-state index contributed by atoms with van der Waals surface area (Å²) in [6.07, 6.45) is 8.17. The average molecular weight is 342 g/mol. The third kappa shape index (κ3) is 4.42. The van der Waals surface area contributed by atoms with Gasteiger partial charge in [-0.3, -0.25) is 9.78 Å². The van der Waals surface area contributed by atoms with Crippen LogP contribution in [0.3, 0.4) is 0 Å². The number of carbonyl (C=O) groups excluding carboxylic acids is 1. The number of nitrogens with one attached hydrogen (secondary N) is 1. The van der Waals surface area contributed by atoms with Gasteiger partial charge in [-0.15, -0.1) is 5.10 Å². The van der Waals surface area contributed by atoms with Crippen LogP contribution in [0.4, 0.5) is 0 Å². The highest BCUT2D eigenvalue weighted by Gasteiger charge is 2.22. The fourth-order valence-electron chi connectivity index (χ4n) is 3.30.